The first kappa shape index (κ1) is 21.0. The zero-order valence-corrected chi connectivity index (χ0v) is 16.0. The number of hydrogen-bond donors (Lipinski definition) is 0. The van der Waals surface area contributed by atoms with Crippen LogP contribution in [0.1, 0.15) is 19.8 Å². The lowest BCUT2D eigenvalue weighted by Crippen LogP contribution is -2.46. The van der Waals surface area contributed by atoms with Crippen molar-refractivity contribution in [1.29, 1.82) is 0 Å². The maximum Gasteiger partial charge on any atom is 0.501 e. The zero-order valence-electron chi connectivity index (χ0n) is 14.4. The summed E-state index contributed by atoms with van der Waals surface area (Å²) in [5.41, 5.74) is -5.39. The fraction of sp³-hybridized carbons (Fsp3) is 0.600. The number of sulfonamides is 1. The molecule has 1 saturated heterocycles. The molecule has 1 aromatic carbocycles. The van der Waals surface area contributed by atoms with Crippen LogP contribution in [0.5, 0.6) is 0 Å². The minimum Gasteiger partial charge on any atom is -0.370 e. The second-order valence-electron chi connectivity index (χ2n) is 6.05. The molecule has 1 aliphatic rings. The topological polar surface area (TPSA) is 74.8 Å². The molecule has 0 saturated carbocycles. The van der Waals surface area contributed by atoms with Crippen molar-refractivity contribution in [3.05, 3.63) is 24.3 Å². The average molecular weight is 414 g/mol. The number of sulfone groups is 1. The molecule has 26 heavy (non-hydrogen) atoms. The van der Waals surface area contributed by atoms with E-state index in [-0.39, 0.29) is 30.6 Å². The maximum absolute atomic E-state index is 12.9. The van der Waals surface area contributed by atoms with Gasteiger partial charge in [0.25, 0.3) is 9.84 Å². The van der Waals surface area contributed by atoms with Gasteiger partial charge in [-0.1, -0.05) is 12.1 Å². The Hall–Kier alpha value is -1.33. The van der Waals surface area contributed by atoms with Crippen LogP contribution < -0.4 is 4.90 Å². The van der Waals surface area contributed by atoms with Crippen molar-refractivity contribution in [2.45, 2.75) is 36.2 Å². The molecule has 1 aromatic rings. The van der Waals surface area contributed by atoms with E-state index in [0.29, 0.717) is 12.8 Å². The van der Waals surface area contributed by atoms with Crippen LogP contribution in [0.4, 0.5) is 18.9 Å². The Morgan fingerprint density at radius 3 is 2.15 bits per heavy atom. The summed E-state index contributed by atoms with van der Waals surface area (Å²) in [5.74, 6) is -0.0314. The normalized spacial score (nSPS) is 17.7. The van der Waals surface area contributed by atoms with Gasteiger partial charge in [0.2, 0.25) is 10.0 Å². The van der Waals surface area contributed by atoms with Crippen LogP contribution in [0, 0.1) is 0 Å². The molecule has 1 fully saturated rings. The molecule has 1 heterocycles. The zero-order chi connectivity index (χ0) is 19.8. The average Bonchev–Trinajstić information content (AvgIpc) is 2.60. The summed E-state index contributed by atoms with van der Waals surface area (Å²) < 4.78 is 87.6. The first-order valence-electron chi connectivity index (χ1n) is 8.03. The van der Waals surface area contributed by atoms with E-state index < -0.39 is 30.3 Å². The number of halogens is 3. The third-order valence-electron chi connectivity index (χ3n) is 4.58. The Bertz CT molecular complexity index is 846. The summed E-state index contributed by atoms with van der Waals surface area (Å²) in [6.45, 7) is 2.07. The Kier molecular flexibility index (Phi) is 5.93. The van der Waals surface area contributed by atoms with Gasteiger partial charge in [-0.25, -0.2) is 21.1 Å². The Morgan fingerprint density at radius 1 is 1.12 bits per heavy atom. The molecule has 0 bridgehead atoms. The number of hydrogen-bond acceptors (Lipinski definition) is 5. The summed E-state index contributed by atoms with van der Waals surface area (Å²) in [7, 11) is -7.33. The highest BCUT2D eigenvalue weighted by molar-refractivity contribution is 7.92. The predicted octanol–water partition coefficient (Wildman–Crippen LogP) is 2.23. The fourth-order valence-corrected chi connectivity index (χ4v) is 5.02. The van der Waals surface area contributed by atoms with E-state index in [0.717, 1.165) is 6.07 Å². The summed E-state index contributed by atoms with van der Waals surface area (Å²) in [6, 6.07) is 4.74. The van der Waals surface area contributed by atoms with Gasteiger partial charge in [-0.3, -0.25) is 0 Å². The molecule has 148 valence electrons. The number of piperidine rings is 1. The number of alkyl halides is 3. The Labute approximate surface area is 151 Å². The summed E-state index contributed by atoms with van der Waals surface area (Å²) in [5, 5.41) is 0. The van der Waals surface area contributed by atoms with E-state index in [1.165, 1.54) is 29.6 Å². The third-order valence-corrected chi connectivity index (χ3v) is 8.02. The molecule has 0 unspecified atom stereocenters. The van der Waals surface area contributed by atoms with Gasteiger partial charge in [0.1, 0.15) is 0 Å². The van der Waals surface area contributed by atoms with Gasteiger partial charge >= 0.3 is 5.51 Å². The minimum absolute atomic E-state index is 0.00993. The SMILES string of the molecule is CCS(=O)(=O)N(C)C1CCN(c2ccccc2S(=O)(=O)C(F)(F)F)CC1. The Morgan fingerprint density at radius 2 is 1.65 bits per heavy atom. The van der Waals surface area contributed by atoms with Crippen LogP contribution in [-0.4, -0.2) is 58.6 Å². The van der Waals surface area contributed by atoms with Crippen LogP contribution in [0.15, 0.2) is 29.2 Å². The molecule has 1 aliphatic heterocycles. The molecule has 0 N–H and O–H groups in total. The molecule has 0 spiro atoms. The third kappa shape index (κ3) is 3.99. The molecule has 0 aromatic heterocycles. The molecule has 6 nitrogen and oxygen atoms in total. The van der Waals surface area contributed by atoms with E-state index in [4.69, 9.17) is 0 Å². The first-order valence-corrected chi connectivity index (χ1v) is 11.1. The van der Waals surface area contributed by atoms with Gasteiger partial charge in [-0.15, -0.1) is 0 Å². The van der Waals surface area contributed by atoms with Gasteiger partial charge < -0.3 is 4.90 Å². The van der Waals surface area contributed by atoms with E-state index in [9.17, 15) is 30.0 Å². The van der Waals surface area contributed by atoms with Crippen molar-refractivity contribution < 1.29 is 30.0 Å². The first-order chi connectivity index (χ1) is 11.9. The summed E-state index contributed by atoms with van der Waals surface area (Å²) in [6.07, 6.45) is 0.798. The largest absolute Gasteiger partial charge is 0.501 e. The van der Waals surface area contributed by atoms with Crippen molar-refractivity contribution in [2.75, 3.05) is 30.8 Å². The van der Waals surface area contributed by atoms with E-state index >= 15 is 0 Å². The predicted molar refractivity (Wildman–Crippen MR) is 92.1 cm³/mol. The number of anilines is 1. The van der Waals surface area contributed by atoms with Crippen molar-refractivity contribution >= 4 is 25.5 Å². The van der Waals surface area contributed by atoms with Crippen LogP contribution in [0.2, 0.25) is 0 Å². The van der Waals surface area contributed by atoms with Crippen molar-refractivity contribution in [1.82, 2.24) is 4.31 Å². The number of rotatable bonds is 5. The monoisotopic (exact) mass is 414 g/mol. The Balaban J connectivity index is 2.24. The van der Waals surface area contributed by atoms with Crippen LogP contribution in [0.25, 0.3) is 0 Å². The minimum atomic E-state index is -5.46. The van der Waals surface area contributed by atoms with E-state index in [1.807, 2.05) is 0 Å². The van der Waals surface area contributed by atoms with Crippen molar-refractivity contribution in [2.24, 2.45) is 0 Å². The lowest BCUT2D eigenvalue weighted by molar-refractivity contribution is -0.0435. The molecular weight excluding hydrogens is 393 g/mol. The van der Waals surface area contributed by atoms with Crippen molar-refractivity contribution in [3.8, 4) is 0 Å². The standard InChI is InChI=1S/C15H21F3N2O4S2/c1-3-25(21,22)19(2)12-8-10-20(11-9-12)13-6-4-5-7-14(13)26(23,24)15(16,17)18/h4-7,12H,3,8-11H2,1-2H3. The molecule has 11 heteroatoms. The van der Waals surface area contributed by atoms with Gasteiger partial charge in [0, 0.05) is 26.2 Å². The number of benzene rings is 1. The summed E-state index contributed by atoms with van der Waals surface area (Å²) >= 11 is 0. The van der Waals surface area contributed by atoms with Crippen LogP contribution in [-0.2, 0) is 19.9 Å². The van der Waals surface area contributed by atoms with Gasteiger partial charge in [0.05, 0.1) is 16.3 Å². The number of para-hydroxylation sites is 1. The number of nitrogens with zero attached hydrogens (tertiary/aromatic N) is 2. The van der Waals surface area contributed by atoms with Crippen LogP contribution >= 0.6 is 0 Å². The highest BCUT2D eigenvalue weighted by Gasteiger charge is 2.48. The van der Waals surface area contributed by atoms with Crippen molar-refractivity contribution in [3.63, 3.8) is 0 Å². The highest BCUT2D eigenvalue weighted by atomic mass is 32.2. The van der Waals surface area contributed by atoms with E-state index in [1.54, 1.807) is 11.8 Å². The fourth-order valence-electron chi connectivity index (χ4n) is 2.97. The van der Waals surface area contributed by atoms with Gasteiger partial charge in [0.15, 0.2) is 0 Å². The molecule has 0 aliphatic carbocycles. The molecule has 0 radical (unpaired) electrons. The van der Waals surface area contributed by atoms with Gasteiger partial charge in [-0.05, 0) is 31.9 Å². The summed E-state index contributed by atoms with van der Waals surface area (Å²) in [4.78, 5) is 0.780. The second kappa shape index (κ2) is 7.35. The molecular formula is C15H21F3N2O4S2. The maximum atomic E-state index is 12.9. The van der Waals surface area contributed by atoms with E-state index in [2.05, 4.69) is 0 Å². The lowest BCUT2D eigenvalue weighted by atomic mass is 10.0. The molecule has 0 amide bonds. The molecule has 0 atom stereocenters. The smallest absolute Gasteiger partial charge is 0.370 e. The van der Waals surface area contributed by atoms with Gasteiger partial charge in [-0.2, -0.15) is 13.2 Å². The van der Waals surface area contributed by atoms with Crippen LogP contribution in [0.3, 0.4) is 0 Å². The quantitative estimate of drug-likeness (QED) is 0.739. The highest BCUT2D eigenvalue weighted by Crippen LogP contribution is 2.36. The lowest BCUT2D eigenvalue weighted by Gasteiger charge is -2.37. The molecule has 2 rings (SSSR count). The second-order valence-corrected chi connectivity index (χ2v) is 10.3.